The van der Waals surface area contributed by atoms with E-state index in [2.05, 4.69) is 26.6 Å². The van der Waals surface area contributed by atoms with Crippen LogP contribution in [0.1, 0.15) is 19.8 Å². The van der Waals surface area contributed by atoms with Crippen molar-refractivity contribution in [3.8, 4) is 5.75 Å². The number of carbonyl (C=O) groups excluding carboxylic acids is 1. The predicted molar refractivity (Wildman–Crippen MR) is 78.6 cm³/mol. The summed E-state index contributed by atoms with van der Waals surface area (Å²) in [5.41, 5.74) is 0.674. The van der Waals surface area contributed by atoms with Crippen molar-refractivity contribution < 1.29 is 14.6 Å². The van der Waals surface area contributed by atoms with Gasteiger partial charge in [-0.15, -0.1) is 0 Å². The lowest BCUT2D eigenvalue weighted by atomic mass is 10.2. The molecule has 0 aliphatic carbocycles. The fourth-order valence-electron chi connectivity index (χ4n) is 1.58. The number of urea groups is 1. The molecule has 0 aromatic heterocycles. The van der Waals surface area contributed by atoms with E-state index >= 15 is 0 Å². The lowest BCUT2D eigenvalue weighted by Gasteiger charge is -2.15. The molecule has 0 aliphatic rings. The number of benzene rings is 1. The van der Waals surface area contributed by atoms with E-state index in [1.807, 2.05) is 6.92 Å². The van der Waals surface area contributed by atoms with Crippen molar-refractivity contribution in [2.24, 2.45) is 0 Å². The van der Waals surface area contributed by atoms with Crippen molar-refractivity contribution in [2.75, 3.05) is 19.0 Å². The lowest BCUT2D eigenvalue weighted by Crippen LogP contribution is -2.36. The number of hydrogen-bond donors (Lipinski definition) is 3. The summed E-state index contributed by atoms with van der Waals surface area (Å²) in [6.07, 6.45) is 1.42. The van der Waals surface area contributed by atoms with Crippen LogP contribution in [0.3, 0.4) is 0 Å². The molecule has 5 nitrogen and oxygen atoms in total. The molecule has 0 radical (unpaired) electrons. The van der Waals surface area contributed by atoms with Gasteiger partial charge in [0.15, 0.2) is 0 Å². The summed E-state index contributed by atoms with van der Waals surface area (Å²) < 4.78 is 5.84. The maximum absolute atomic E-state index is 11.8. The molecule has 0 heterocycles. The first kappa shape index (κ1) is 15.8. The number of carbonyl (C=O) groups is 1. The Bertz CT molecular complexity index is 426. The second-order valence-electron chi connectivity index (χ2n) is 4.21. The van der Waals surface area contributed by atoms with Crippen molar-refractivity contribution in [3.63, 3.8) is 0 Å². The average Bonchev–Trinajstić information content (AvgIpc) is 2.38. The van der Waals surface area contributed by atoms with Crippen LogP contribution in [0.2, 0.25) is 0 Å². The Kier molecular flexibility index (Phi) is 6.66. The van der Waals surface area contributed by atoms with Crippen LogP contribution in [-0.4, -0.2) is 30.9 Å². The topological polar surface area (TPSA) is 70.6 Å². The fraction of sp³-hybridized carbons (Fsp3) is 0.462. The van der Waals surface area contributed by atoms with Crippen LogP contribution in [-0.2, 0) is 0 Å². The van der Waals surface area contributed by atoms with Gasteiger partial charge in [-0.2, -0.15) is 0 Å². The van der Waals surface area contributed by atoms with Gasteiger partial charge in [0.05, 0.1) is 12.8 Å². The summed E-state index contributed by atoms with van der Waals surface area (Å²) >= 11 is 3.37. The number of ether oxygens (including phenoxy) is 1. The maximum atomic E-state index is 11.8. The quantitative estimate of drug-likeness (QED) is 0.751. The zero-order valence-electron chi connectivity index (χ0n) is 11.1. The predicted octanol–water partition coefficient (Wildman–Crippen LogP) is 2.74. The Hall–Kier alpha value is -1.27. The van der Waals surface area contributed by atoms with Gasteiger partial charge in [-0.05, 0) is 53.9 Å². The van der Waals surface area contributed by atoms with Gasteiger partial charge >= 0.3 is 6.03 Å². The third kappa shape index (κ3) is 5.48. The van der Waals surface area contributed by atoms with E-state index in [1.54, 1.807) is 25.3 Å². The highest BCUT2D eigenvalue weighted by Gasteiger charge is 2.09. The van der Waals surface area contributed by atoms with Gasteiger partial charge in [0.2, 0.25) is 0 Å². The summed E-state index contributed by atoms with van der Waals surface area (Å²) in [5.74, 6) is 0.717. The Labute approximate surface area is 121 Å². The number of anilines is 1. The highest BCUT2D eigenvalue weighted by molar-refractivity contribution is 9.10. The highest BCUT2D eigenvalue weighted by atomic mass is 79.9. The molecule has 0 saturated heterocycles. The summed E-state index contributed by atoms with van der Waals surface area (Å²) in [5, 5.41) is 14.3. The van der Waals surface area contributed by atoms with E-state index in [9.17, 15) is 4.79 Å². The number of rotatable bonds is 6. The van der Waals surface area contributed by atoms with Crippen LogP contribution in [0.15, 0.2) is 22.7 Å². The van der Waals surface area contributed by atoms with Crippen LogP contribution < -0.4 is 15.4 Å². The first-order valence-electron chi connectivity index (χ1n) is 6.08. The third-order valence-corrected chi connectivity index (χ3v) is 3.25. The first-order valence-corrected chi connectivity index (χ1v) is 6.88. The monoisotopic (exact) mass is 330 g/mol. The fourth-order valence-corrected chi connectivity index (χ4v) is 2.03. The Morgan fingerprint density at radius 3 is 2.84 bits per heavy atom. The number of aliphatic hydroxyl groups excluding tert-OH is 1. The number of methoxy groups -OCH3 is 1. The molecule has 3 N–H and O–H groups in total. The zero-order valence-corrected chi connectivity index (χ0v) is 12.7. The lowest BCUT2D eigenvalue weighted by molar-refractivity contribution is 0.245. The van der Waals surface area contributed by atoms with Gasteiger partial charge in [-0.25, -0.2) is 4.79 Å². The number of halogens is 1. The molecule has 0 saturated carbocycles. The Morgan fingerprint density at radius 1 is 1.53 bits per heavy atom. The van der Waals surface area contributed by atoms with E-state index in [-0.39, 0.29) is 18.7 Å². The van der Waals surface area contributed by atoms with Gasteiger partial charge in [0.25, 0.3) is 0 Å². The Morgan fingerprint density at radius 2 is 2.26 bits per heavy atom. The second kappa shape index (κ2) is 8.01. The number of amides is 2. The molecule has 6 heteroatoms. The molecule has 1 rings (SSSR count). The normalized spacial score (nSPS) is 11.8. The minimum atomic E-state index is -0.267. The SMILES string of the molecule is COc1ccc(NC(=O)N[C@@H](C)CCCO)c(Br)c1. The molecule has 1 aromatic carbocycles. The van der Waals surface area contributed by atoms with Crippen molar-refractivity contribution in [1.82, 2.24) is 5.32 Å². The van der Waals surface area contributed by atoms with Crippen molar-refractivity contribution in [1.29, 1.82) is 0 Å². The molecule has 106 valence electrons. The summed E-state index contributed by atoms with van der Waals surface area (Å²) in [7, 11) is 1.59. The third-order valence-electron chi connectivity index (χ3n) is 2.60. The van der Waals surface area contributed by atoms with E-state index in [1.165, 1.54) is 0 Å². The van der Waals surface area contributed by atoms with Crippen LogP contribution in [0.5, 0.6) is 5.75 Å². The molecule has 1 aromatic rings. The van der Waals surface area contributed by atoms with E-state index < -0.39 is 0 Å². The summed E-state index contributed by atoms with van der Waals surface area (Å²) in [6.45, 7) is 2.04. The van der Waals surface area contributed by atoms with Gasteiger partial charge in [-0.1, -0.05) is 0 Å². The minimum absolute atomic E-state index is 0.0178. The van der Waals surface area contributed by atoms with E-state index in [0.717, 1.165) is 10.9 Å². The molecule has 0 bridgehead atoms. The molecular weight excluding hydrogens is 312 g/mol. The molecule has 0 unspecified atom stereocenters. The highest BCUT2D eigenvalue weighted by Crippen LogP contribution is 2.26. The standard InChI is InChI=1S/C13H19BrN2O3/c1-9(4-3-7-17)15-13(18)16-12-6-5-10(19-2)8-11(12)14/h5-6,8-9,17H,3-4,7H2,1-2H3,(H2,15,16,18)/t9-/m0/s1. The van der Waals surface area contributed by atoms with Gasteiger partial charge in [0, 0.05) is 17.1 Å². The molecule has 19 heavy (non-hydrogen) atoms. The molecule has 0 fully saturated rings. The van der Waals surface area contributed by atoms with E-state index in [4.69, 9.17) is 9.84 Å². The minimum Gasteiger partial charge on any atom is -0.497 e. The van der Waals surface area contributed by atoms with Gasteiger partial charge < -0.3 is 20.5 Å². The van der Waals surface area contributed by atoms with E-state index in [0.29, 0.717) is 17.9 Å². The van der Waals surface area contributed by atoms with Crippen molar-refractivity contribution in [2.45, 2.75) is 25.8 Å². The van der Waals surface area contributed by atoms with Crippen LogP contribution in [0.4, 0.5) is 10.5 Å². The van der Waals surface area contributed by atoms with Gasteiger partial charge in [0.1, 0.15) is 5.75 Å². The number of hydrogen-bond acceptors (Lipinski definition) is 3. The van der Waals surface area contributed by atoms with Crippen molar-refractivity contribution in [3.05, 3.63) is 22.7 Å². The summed E-state index contributed by atoms with van der Waals surface area (Å²) in [4.78, 5) is 11.8. The number of aliphatic hydroxyl groups is 1. The molecule has 2 amide bonds. The molecule has 1 atom stereocenters. The smallest absolute Gasteiger partial charge is 0.319 e. The number of nitrogens with one attached hydrogen (secondary N) is 2. The Balaban J connectivity index is 2.52. The van der Waals surface area contributed by atoms with Crippen molar-refractivity contribution >= 4 is 27.6 Å². The van der Waals surface area contributed by atoms with Crippen LogP contribution in [0, 0.1) is 0 Å². The van der Waals surface area contributed by atoms with Crippen LogP contribution in [0.25, 0.3) is 0 Å². The average molecular weight is 331 g/mol. The van der Waals surface area contributed by atoms with Gasteiger partial charge in [-0.3, -0.25) is 0 Å². The zero-order chi connectivity index (χ0) is 14.3. The van der Waals surface area contributed by atoms with Crippen LogP contribution >= 0.6 is 15.9 Å². The maximum Gasteiger partial charge on any atom is 0.319 e. The largest absolute Gasteiger partial charge is 0.497 e. The second-order valence-corrected chi connectivity index (χ2v) is 5.07. The first-order chi connectivity index (χ1) is 9.06. The molecule has 0 aliphatic heterocycles. The molecular formula is C13H19BrN2O3. The summed E-state index contributed by atoms with van der Waals surface area (Å²) in [6, 6.07) is 5.07. The molecule has 0 spiro atoms.